The number of hydrogen-bond acceptors (Lipinski definition) is 3. The number of carbonyl (C=O) groups is 1. The van der Waals surface area contributed by atoms with Gasteiger partial charge in [-0.15, -0.1) is 0 Å². The summed E-state index contributed by atoms with van der Waals surface area (Å²) in [6.07, 6.45) is 1.04. The molecule has 1 heterocycles. The molecule has 0 bridgehead atoms. The van der Waals surface area contributed by atoms with Gasteiger partial charge in [0.2, 0.25) is 0 Å². The zero-order valence-corrected chi connectivity index (χ0v) is 8.54. The third-order valence-corrected chi connectivity index (χ3v) is 3.49. The third kappa shape index (κ3) is 1.17. The largest absolute Gasteiger partial charge is 0.469 e. The number of nitrogens with zero attached hydrogens (tertiary/aromatic N) is 1. The molecule has 0 amide bonds. The Kier molecular flexibility index (Phi) is 1.88. The highest BCUT2D eigenvalue weighted by molar-refractivity contribution is 5.81. The molecule has 3 heteroatoms. The topological polar surface area (TPSA) is 29.5 Å². The molecule has 2 atom stereocenters. The lowest BCUT2D eigenvalue weighted by Crippen LogP contribution is -2.34. The minimum Gasteiger partial charge on any atom is -0.469 e. The van der Waals surface area contributed by atoms with E-state index in [0.29, 0.717) is 12.0 Å². The Morgan fingerprint density at radius 2 is 2.31 bits per heavy atom. The normalized spacial score (nSPS) is 37.7. The van der Waals surface area contributed by atoms with Gasteiger partial charge in [0.25, 0.3) is 0 Å². The molecule has 1 saturated heterocycles. The fourth-order valence-electron chi connectivity index (χ4n) is 2.43. The highest BCUT2D eigenvalue weighted by Crippen LogP contribution is 2.58. The van der Waals surface area contributed by atoms with Gasteiger partial charge in [-0.25, -0.2) is 0 Å². The summed E-state index contributed by atoms with van der Waals surface area (Å²) in [5.41, 5.74) is -0.112. The summed E-state index contributed by atoms with van der Waals surface area (Å²) in [7, 11) is 1.49. The molecular formula is C10H17NO2. The smallest absolute Gasteiger partial charge is 0.313 e. The molecule has 2 rings (SSSR count). The zero-order valence-electron chi connectivity index (χ0n) is 8.54. The van der Waals surface area contributed by atoms with Crippen molar-refractivity contribution in [3.05, 3.63) is 0 Å². The molecule has 2 unspecified atom stereocenters. The standard InChI is InChI=1S/C10H17NO2/c1-7(2)11-5-8-4-10(8,6-11)9(12)13-3/h7-8H,4-6H2,1-3H3. The first-order valence-electron chi connectivity index (χ1n) is 4.92. The Hall–Kier alpha value is -0.570. The van der Waals surface area contributed by atoms with E-state index in [4.69, 9.17) is 4.74 Å². The maximum atomic E-state index is 11.5. The van der Waals surface area contributed by atoms with Crippen LogP contribution in [-0.2, 0) is 9.53 Å². The van der Waals surface area contributed by atoms with Crippen molar-refractivity contribution in [2.24, 2.45) is 11.3 Å². The van der Waals surface area contributed by atoms with Crippen LogP contribution in [0.25, 0.3) is 0 Å². The fraction of sp³-hybridized carbons (Fsp3) is 0.900. The number of fused-ring (bicyclic) bond motifs is 1. The van der Waals surface area contributed by atoms with E-state index in [-0.39, 0.29) is 11.4 Å². The predicted molar refractivity (Wildman–Crippen MR) is 49.3 cm³/mol. The van der Waals surface area contributed by atoms with Crippen molar-refractivity contribution in [3.63, 3.8) is 0 Å². The van der Waals surface area contributed by atoms with Gasteiger partial charge in [-0.3, -0.25) is 9.69 Å². The SMILES string of the molecule is COC(=O)C12CC1CN(C(C)C)C2. The van der Waals surface area contributed by atoms with Crippen molar-refractivity contribution in [3.8, 4) is 0 Å². The number of esters is 1. The lowest BCUT2D eigenvalue weighted by atomic mass is 10.1. The molecule has 1 saturated carbocycles. The van der Waals surface area contributed by atoms with E-state index in [9.17, 15) is 4.79 Å². The van der Waals surface area contributed by atoms with E-state index in [1.807, 2.05) is 0 Å². The van der Waals surface area contributed by atoms with Gasteiger partial charge in [-0.1, -0.05) is 0 Å². The summed E-state index contributed by atoms with van der Waals surface area (Å²) in [6, 6.07) is 0.550. The quantitative estimate of drug-likeness (QED) is 0.595. The maximum Gasteiger partial charge on any atom is 0.313 e. The first kappa shape index (κ1) is 9.00. The second-order valence-electron chi connectivity index (χ2n) is 4.57. The number of ether oxygens (including phenoxy) is 1. The molecule has 0 N–H and O–H groups in total. The summed E-state index contributed by atoms with van der Waals surface area (Å²) in [4.78, 5) is 13.9. The van der Waals surface area contributed by atoms with Gasteiger partial charge in [0.05, 0.1) is 12.5 Å². The Labute approximate surface area is 79.0 Å². The molecule has 3 nitrogen and oxygen atoms in total. The average molecular weight is 183 g/mol. The van der Waals surface area contributed by atoms with Crippen molar-refractivity contribution in [1.29, 1.82) is 0 Å². The Balaban J connectivity index is 2.03. The van der Waals surface area contributed by atoms with Gasteiger partial charge in [0.1, 0.15) is 0 Å². The van der Waals surface area contributed by atoms with Crippen molar-refractivity contribution >= 4 is 5.97 Å². The Bertz CT molecular complexity index is 239. The minimum atomic E-state index is -0.112. The zero-order chi connectivity index (χ0) is 9.64. The first-order valence-corrected chi connectivity index (χ1v) is 4.92. The van der Waals surface area contributed by atoms with Crippen molar-refractivity contribution < 1.29 is 9.53 Å². The van der Waals surface area contributed by atoms with Crippen molar-refractivity contribution in [2.45, 2.75) is 26.3 Å². The monoisotopic (exact) mass is 183 g/mol. The molecule has 1 aliphatic carbocycles. The second kappa shape index (κ2) is 2.71. The molecule has 0 aromatic heterocycles. The van der Waals surface area contributed by atoms with Gasteiger partial charge in [-0.2, -0.15) is 0 Å². The Morgan fingerprint density at radius 1 is 1.62 bits per heavy atom. The number of hydrogen-bond donors (Lipinski definition) is 0. The van der Waals surface area contributed by atoms with Crippen molar-refractivity contribution in [2.75, 3.05) is 20.2 Å². The van der Waals surface area contributed by atoms with E-state index in [2.05, 4.69) is 18.7 Å². The van der Waals surface area contributed by atoms with Crippen LogP contribution in [0.4, 0.5) is 0 Å². The molecule has 0 spiro atoms. The number of carbonyl (C=O) groups excluding carboxylic acids is 1. The van der Waals surface area contributed by atoms with Crippen molar-refractivity contribution in [1.82, 2.24) is 4.90 Å². The molecule has 13 heavy (non-hydrogen) atoms. The van der Waals surface area contributed by atoms with Crippen LogP contribution in [0.15, 0.2) is 0 Å². The van der Waals surface area contributed by atoms with Crippen LogP contribution in [0.3, 0.4) is 0 Å². The second-order valence-corrected chi connectivity index (χ2v) is 4.57. The van der Waals surface area contributed by atoms with E-state index in [0.717, 1.165) is 19.5 Å². The number of rotatable bonds is 2. The van der Waals surface area contributed by atoms with E-state index in [1.165, 1.54) is 7.11 Å². The molecule has 0 aromatic carbocycles. The van der Waals surface area contributed by atoms with Crippen LogP contribution >= 0.6 is 0 Å². The van der Waals surface area contributed by atoms with Gasteiger partial charge in [-0.05, 0) is 26.2 Å². The third-order valence-electron chi connectivity index (χ3n) is 3.49. The molecule has 0 radical (unpaired) electrons. The highest BCUT2D eigenvalue weighted by atomic mass is 16.5. The molecule has 74 valence electrons. The lowest BCUT2D eigenvalue weighted by Gasteiger charge is -2.23. The number of methoxy groups -OCH3 is 1. The van der Waals surface area contributed by atoms with Crippen LogP contribution in [0, 0.1) is 11.3 Å². The van der Waals surface area contributed by atoms with Crippen LogP contribution in [-0.4, -0.2) is 37.1 Å². The summed E-state index contributed by atoms with van der Waals surface area (Å²) in [5.74, 6) is 0.572. The van der Waals surface area contributed by atoms with Crippen LogP contribution < -0.4 is 0 Å². The fourth-order valence-corrected chi connectivity index (χ4v) is 2.43. The summed E-state index contributed by atoms with van der Waals surface area (Å²) in [6.45, 7) is 6.33. The highest BCUT2D eigenvalue weighted by Gasteiger charge is 2.65. The van der Waals surface area contributed by atoms with Gasteiger partial charge in [0, 0.05) is 19.1 Å². The number of likely N-dealkylation sites (tertiary alicyclic amines) is 1. The van der Waals surface area contributed by atoms with E-state index in [1.54, 1.807) is 0 Å². The number of piperidine rings is 1. The van der Waals surface area contributed by atoms with E-state index < -0.39 is 0 Å². The summed E-state index contributed by atoms with van der Waals surface area (Å²) < 4.78 is 4.84. The van der Waals surface area contributed by atoms with Gasteiger partial charge >= 0.3 is 5.97 Å². The average Bonchev–Trinajstić information content (AvgIpc) is 2.68. The molecule has 1 aliphatic heterocycles. The molecule has 2 aliphatic rings. The Morgan fingerprint density at radius 3 is 2.77 bits per heavy atom. The summed E-state index contributed by atoms with van der Waals surface area (Å²) in [5, 5.41) is 0. The molecule has 2 fully saturated rings. The predicted octanol–water partition coefficient (Wildman–Crippen LogP) is 0.890. The minimum absolute atomic E-state index is 0.000602. The maximum absolute atomic E-state index is 11.5. The lowest BCUT2D eigenvalue weighted by molar-refractivity contribution is -0.147. The van der Waals surface area contributed by atoms with Gasteiger partial charge in [0.15, 0.2) is 0 Å². The molecule has 0 aromatic rings. The first-order chi connectivity index (χ1) is 6.10. The van der Waals surface area contributed by atoms with E-state index >= 15 is 0 Å². The van der Waals surface area contributed by atoms with Crippen LogP contribution in [0.2, 0.25) is 0 Å². The molecular weight excluding hydrogens is 166 g/mol. The van der Waals surface area contributed by atoms with Gasteiger partial charge < -0.3 is 4.74 Å². The van der Waals surface area contributed by atoms with Crippen LogP contribution in [0.5, 0.6) is 0 Å². The summed E-state index contributed by atoms with van der Waals surface area (Å²) >= 11 is 0. The van der Waals surface area contributed by atoms with Crippen LogP contribution in [0.1, 0.15) is 20.3 Å².